The predicted molar refractivity (Wildman–Crippen MR) is 65.8 cm³/mol. The molecule has 3 N–H and O–H groups in total. The molecule has 0 aliphatic carbocycles. The molecule has 0 aliphatic rings. The van der Waals surface area contributed by atoms with Crippen molar-refractivity contribution >= 4 is 15.7 Å². The number of benzene rings is 1. The number of hydrogen-bond donors (Lipinski definition) is 2. The fourth-order valence-corrected chi connectivity index (χ4v) is 2.63. The minimum absolute atomic E-state index is 0.202. The van der Waals surface area contributed by atoms with Gasteiger partial charge in [-0.05, 0) is 12.1 Å². The Bertz CT molecular complexity index is 721. The van der Waals surface area contributed by atoms with Crippen molar-refractivity contribution in [2.75, 3.05) is 5.73 Å². The summed E-state index contributed by atoms with van der Waals surface area (Å²) >= 11 is 0. The normalized spacial score (nSPS) is 11.8. The van der Waals surface area contributed by atoms with E-state index in [1.54, 1.807) is 7.05 Å². The van der Waals surface area contributed by atoms with E-state index in [9.17, 15) is 17.2 Å². The summed E-state index contributed by atoms with van der Waals surface area (Å²) in [7, 11) is -2.76. The van der Waals surface area contributed by atoms with Crippen LogP contribution < -0.4 is 10.5 Å². The summed E-state index contributed by atoms with van der Waals surface area (Å²) in [6, 6.07) is 1.47. The lowest BCUT2D eigenvalue weighted by Gasteiger charge is -2.09. The third-order valence-electron chi connectivity index (χ3n) is 2.51. The Balaban J connectivity index is 2.30. The SMILES string of the molecule is Cn1cnnc1CNS(=O)(=O)c1c(F)cc(N)cc1F. The molecule has 0 saturated carbocycles. The topological polar surface area (TPSA) is 103 Å². The van der Waals surface area contributed by atoms with Gasteiger partial charge in [-0.1, -0.05) is 0 Å². The molecule has 2 rings (SSSR count). The second-order valence-corrected chi connectivity index (χ2v) is 5.70. The number of rotatable bonds is 4. The van der Waals surface area contributed by atoms with E-state index in [1.165, 1.54) is 10.9 Å². The van der Waals surface area contributed by atoms with Gasteiger partial charge in [0.2, 0.25) is 10.0 Å². The van der Waals surface area contributed by atoms with Crippen molar-refractivity contribution in [2.24, 2.45) is 7.05 Å². The van der Waals surface area contributed by atoms with E-state index in [4.69, 9.17) is 5.73 Å². The number of nitrogens with two attached hydrogens (primary N) is 1. The average Bonchev–Trinajstić information content (AvgIpc) is 2.70. The molecular formula is C10H11F2N5O2S. The van der Waals surface area contributed by atoms with E-state index in [0.717, 1.165) is 12.1 Å². The van der Waals surface area contributed by atoms with Gasteiger partial charge in [-0.2, -0.15) is 0 Å². The van der Waals surface area contributed by atoms with Crippen LogP contribution in [0.2, 0.25) is 0 Å². The molecule has 7 nitrogen and oxygen atoms in total. The fourth-order valence-electron chi connectivity index (χ4n) is 1.54. The number of sulfonamides is 1. The molecule has 0 bridgehead atoms. The maximum Gasteiger partial charge on any atom is 0.246 e. The highest BCUT2D eigenvalue weighted by atomic mass is 32.2. The maximum absolute atomic E-state index is 13.6. The van der Waals surface area contributed by atoms with Crippen LogP contribution in [0.25, 0.3) is 0 Å². The molecule has 0 atom stereocenters. The van der Waals surface area contributed by atoms with Gasteiger partial charge in [-0.3, -0.25) is 0 Å². The van der Waals surface area contributed by atoms with Crippen molar-refractivity contribution in [1.82, 2.24) is 19.5 Å². The van der Waals surface area contributed by atoms with Gasteiger partial charge in [0.15, 0.2) is 4.90 Å². The van der Waals surface area contributed by atoms with Gasteiger partial charge in [-0.15, -0.1) is 10.2 Å². The van der Waals surface area contributed by atoms with Gasteiger partial charge in [0, 0.05) is 12.7 Å². The number of hydrogen-bond acceptors (Lipinski definition) is 5. The van der Waals surface area contributed by atoms with Crippen LogP contribution >= 0.6 is 0 Å². The highest BCUT2D eigenvalue weighted by Gasteiger charge is 2.24. The Labute approximate surface area is 113 Å². The molecule has 2 aromatic rings. The quantitative estimate of drug-likeness (QED) is 0.783. The lowest BCUT2D eigenvalue weighted by Crippen LogP contribution is -2.26. The zero-order chi connectivity index (χ0) is 14.9. The average molecular weight is 303 g/mol. The monoisotopic (exact) mass is 303 g/mol. The third kappa shape index (κ3) is 2.75. The molecule has 0 fully saturated rings. The van der Waals surface area contributed by atoms with Crippen LogP contribution in [0.3, 0.4) is 0 Å². The first-order chi connectivity index (χ1) is 9.31. The Hall–Kier alpha value is -2.07. The molecule has 108 valence electrons. The number of nitrogens with one attached hydrogen (secondary N) is 1. The Morgan fingerprint density at radius 2 is 1.95 bits per heavy atom. The molecule has 1 aromatic carbocycles. The van der Waals surface area contributed by atoms with Crippen molar-refractivity contribution in [3.05, 3.63) is 35.9 Å². The Kier molecular flexibility index (Phi) is 3.68. The van der Waals surface area contributed by atoms with E-state index in [2.05, 4.69) is 10.2 Å². The van der Waals surface area contributed by atoms with E-state index in [0.29, 0.717) is 5.82 Å². The van der Waals surface area contributed by atoms with Gasteiger partial charge in [0.05, 0.1) is 6.54 Å². The van der Waals surface area contributed by atoms with Crippen LogP contribution in [0.1, 0.15) is 5.82 Å². The molecule has 1 heterocycles. The summed E-state index contributed by atoms with van der Waals surface area (Å²) in [6.45, 7) is -0.248. The number of anilines is 1. The fraction of sp³-hybridized carbons (Fsp3) is 0.200. The molecule has 0 radical (unpaired) electrons. The standard InChI is InChI=1S/C10H11F2N5O2S/c1-17-5-14-16-9(17)4-15-20(18,19)10-7(11)2-6(13)3-8(10)12/h2-3,5,15H,4,13H2,1H3. The number of aromatic nitrogens is 3. The van der Waals surface area contributed by atoms with Crippen molar-refractivity contribution in [1.29, 1.82) is 0 Å². The molecule has 0 saturated heterocycles. The highest BCUT2D eigenvalue weighted by molar-refractivity contribution is 7.89. The summed E-state index contributed by atoms with van der Waals surface area (Å²) in [5.74, 6) is -2.22. The Morgan fingerprint density at radius 3 is 2.45 bits per heavy atom. The molecular weight excluding hydrogens is 292 g/mol. The van der Waals surface area contributed by atoms with Gasteiger partial charge in [-0.25, -0.2) is 21.9 Å². The van der Waals surface area contributed by atoms with Gasteiger partial charge < -0.3 is 10.3 Å². The van der Waals surface area contributed by atoms with E-state index in [-0.39, 0.29) is 12.2 Å². The molecule has 10 heteroatoms. The van der Waals surface area contributed by atoms with Crippen LogP contribution in [0.15, 0.2) is 23.4 Å². The van der Waals surface area contributed by atoms with Crippen molar-refractivity contribution in [3.8, 4) is 0 Å². The van der Waals surface area contributed by atoms with Gasteiger partial charge in [0.1, 0.15) is 23.8 Å². The first-order valence-electron chi connectivity index (χ1n) is 5.38. The summed E-state index contributed by atoms with van der Waals surface area (Å²) < 4.78 is 54.5. The second-order valence-electron chi connectivity index (χ2n) is 4.00. The van der Waals surface area contributed by atoms with Gasteiger partial charge >= 0.3 is 0 Å². The molecule has 0 unspecified atom stereocenters. The van der Waals surface area contributed by atoms with Crippen LogP contribution in [0.4, 0.5) is 14.5 Å². The highest BCUT2D eigenvalue weighted by Crippen LogP contribution is 2.21. The minimum Gasteiger partial charge on any atom is -0.399 e. The van der Waals surface area contributed by atoms with E-state index >= 15 is 0 Å². The van der Waals surface area contributed by atoms with Crippen LogP contribution in [0, 0.1) is 11.6 Å². The zero-order valence-electron chi connectivity index (χ0n) is 10.3. The number of nitrogen functional groups attached to an aromatic ring is 1. The maximum atomic E-state index is 13.6. The van der Waals surface area contributed by atoms with Crippen molar-refractivity contribution in [2.45, 2.75) is 11.4 Å². The van der Waals surface area contributed by atoms with Crippen molar-refractivity contribution < 1.29 is 17.2 Å². The molecule has 20 heavy (non-hydrogen) atoms. The summed E-state index contributed by atoms with van der Waals surface area (Å²) in [5, 5.41) is 7.21. The lowest BCUT2D eigenvalue weighted by atomic mass is 10.3. The first kappa shape index (κ1) is 14.3. The largest absolute Gasteiger partial charge is 0.399 e. The predicted octanol–water partition coefficient (Wildman–Crippen LogP) is 0.154. The minimum atomic E-state index is -4.37. The molecule has 0 spiro atoms. The molecule has 1 aromatic heterocycles. The zero-order valence-corrected chi connectivity index (χ0v) is 11.2. The van der Waals surface area contributed by atoms with Crippen LogP contribution in [0.5, 0.6) is 0 Å². The van der Waals surface area contributed by atoms with Crippen molar-refractivity contribution in [3.63, 3.8) is 0 Å². The molecule has 0 amide bonds. The van der Waals surface area contributed by atoms with Crippen LogP contribution in [-0.4, -0.2) is 23.2 Å². The Morgan fingerprint density at radius 1 is 1.35 bits per heavy atom. The summed E-state index contributed by atoms with van der Waals surface area (Å²) in [5.41, 5.74) is 5.02. The third-order valence-corrected chi connectivity index (χ3v) is 3.97. The number of halogens is 2. The van der Waals surface area contributed by atoms with E-state index in [1.807, 2.05) is 4.72 Å². The first-order valence-corrected chi connectivity index (χ1v) is 6.86. The van der Waals surface area contributed by atoms with Gasteiger partial charge in [0.25, 0.3) is 0 Å². The second kappa shape index (κ2) is 5.13. The van der Waals surface area contributed by atoms with E-state index < -0.39 is 26.6 Å². The molecule has 0 aliphatic heterocycles. The summed E-state index contributed by atoms with van der Waals surface area (Å²) in [4.78, 5) is -1.08. The lowest BCUT2D eigenvalue weighted by molar-refractivity contribution is 0.513. The number of aryl methyl sites for hydroxylation is 1. The number of nitrogens with zero attached hydrogens (tertiary/aromatic N) is 3. The smallest absolute Gasteiger partial charge is 0.246 e. The summed E-state index contributed by atoms with van der Waals surface area (Å²) in [6.07, 6.45) is 1.37. The van der Waals surface area contributed by atoms with Crippen LogP contribution in [-0.2, 0) is 23.6 Å².